The number of benzene rings is 1. The van der Waals surface area contributed by atoms with Crippen molar-refractivity contribution in [2.75, 3.05) is 12.4 Å². The molecule has 13 heteroatoms. The summed E-state index contributed by atoms with van der Waals surface area (Å²) in [5.74, 6) is -1.23. The maximum atomic E-state index is 12.4. The van der Waals surface area contributed by atoms with Gasteiger partial charge in [-0.2, -0.15) is 0 Å². The quantitative estimate of drug-likeness (QED) is 0.230. The van der Waals surface area contributed by atoms with Crippen molar-refractivity contribution in [2.45, 2.75) is 17.5 Å². The number of thioether (sulfide) groups is 1. The molecule has 3 rings (SSSR count). The Bertz CT molecular complexity index is 821. The predicted octanol–water partition coefficient (Wildman–Crippen LogP) is -7.79. The molecule has 28 heavy (non-hydrogen) atoms. The first-order valence-corrected chi connectivity index (χ1v) is 10.3. The minimum Gasteiger partial charge on any atom is -0.806 e. The number of fused-ring (bicyclic) bond motifs is 1. The van der Waals surface area contributed by atoms with Crippen LogP contribution >= 0.6 is 19.4 Å². The zero-order valence-electron chi connectivity index (χ0n) is 15.4. The number of aliphatic hydroxyl groups is 1. The van der Waals surface area contributed by atoms with Crippen molar-refractivity contribution in [3.63, 3.8) is 0 Å². The molecule has 2 aliphatic heterocycles. The van der Waals surface area contributed by atoms with Crippen molar-refractivity contribution in [3.8, 4) is 0 Å². The Hall–Kier alpha value is 0.320. The molecule has 1 aromatic rings. The predicted molar refractivity (Wildman–Crippen MR) is 90.1 cm³/mol. The van der Waals surface area contributed by atoms with E-state index >= 15 is 0 Å². The molecule has 0 aliphatic carbocycles. The second-order valence-electron chi connectivity index (χ2n) is 5.87. The topological polar surface area (TPSA) is 159 Å². The van der Waals surface area contributed by atoms with Crippen molar-refractivity contribution >= 4 is 31.2 Å². The van der Waals surface area contributed by atoms with Gasteiger partial charge in [0.2, 0.25) is 5.91 Å². The normalized spacial score (nSPS) is 22.3. The van der Waals surface area contributed by atoms with Crippen LogP contribution in [0.25, 0.3) is 0 Å². The Kier molecular flexibility index (Phi) is 9.95. The fraction of sp³-hybridized carbons (Fsp3) is 0.333. The van der Waals surface area contributed by atoms with E-state index in [4.69, 9.17) is 5.73 Å². The van der Waals surface area contributed by atoms with Gasteiger partial charge in [-0.25, -0.2) is 0 Å². The summed E-state index contributed by atoms with van der Waals surface area (Å²) in [7, 11) is -5.25. The fourth-order valence-electron chi connectivity index (χ4n) is 2.91. The van der Waals surface area contributed by atoms with E-state index in [1.165, 1.54) is 0 Å². The Morgan fingerprint density at radius 1 is 1.36 bits per heavy atom. The van der Waals surface area contributed by atoms with E-state index in [9.17, 15) is 29.0 Å². The molecule has 3 atom stereocenters. The fourth-order valence-corrected chi connectivity index (χ4v) is 5.45. The summed E-state index contributed by atoms with van der Waals surface area (Å²) >= 11 is 1.16. The summed E-state index contributed by atoms with van der Waals surface area (Å²) in [6.45, 7) is -0.636. The van der Waals surface area contributed by atoms with Crippen LogP contribution in [0.1, 0.15) is 11.6 Å². The third-order valence-electron chi connectivity index (χ3n) is 4.21. The second kappa shape index (κ2) is 10.6. The maximum Gasteiger partial charge on any atom is 1.00 e. The first-order chi connectivity index (χ1) is 12.3. The Balaban J connectivity index is 0.00000196. The van der Waals surface area contributed by atoms with Gasteiger partial charge in [0.15, 0.2) is 0 Å². The van der Waals surface area contributed by atoms with Crippen LogP contribution in [-0.2, 0) is 14.2 Å². The van der Waals surface area contributed by atoms with Crippen molar-refractivity contribution in [1.82, 2.24) is 10.2 Å². The molecule has 9 nitrogen and oxygen atoms in total. The average molecular weight is 443 g/mol. The molecule has 0 bridgehead atoms. The number of rotatable bonds is 5. The van der Waals surface area contributed by atoms with Crippen LogP contribution in [0.3, 0.4) is 0 Å². The van der Waals surface area contributed by atoms with Crippen LogP contribution in [0.5, 0.6) is 0 Å². The van der Waals surface area contributed by atoms with Gasteiger partial charge in [-0.05, 0) is 18.7 Å². The molecule has 4 N–H and O–H groups in total. The molecule has 0 saturated carbocycles. The number of hydrogen-bond donors (Lipinski definition) is 3. The Labute approximate surface area is 210 Å². The number of carbonyl (C=O) groups excluding carboxylic acids is 2. The average Bonchev–Trinajstić information content (AvgIpc) is 2.63. The minimum absolute atomic E-state index is 0. The van der Waals surface area contributed by atoms with Crippen LogP contribution in [0.2, 0.25) is 0 Å². The van der Waals surface area contributed by atoms with Gasteiger partial charge in [0.1, 0.15) is 17.5 Å². The third-order valence-corrected chi connectivity index (χ3v) is 6.60. The van der Waals surface area contributed by atoms with E-state index < -0.39 is 48.9 Å². The molecule has 1 aromatic carbocycles. The molecule has 0 spiro atoms. The van der Waals surface area contributed by atoms with E-state index in [1.807, 2.05) is 0 Å². The van der Waals surface area contributed by atoms with Crippen LogP contribution in [0, 0.1) is 0 Å². The third kappa shape index (κ3) is 5.14. The number of carbonyl (C=O) groups is 2. The summed E-state index contributed by atoms with van der Waals surface area (Å²) < 4.78 is 11.5. The minimum atomic E-state index is -5.25. The van der Waals surface area contributed by atoms with Crippen LogP contribution in [0.4, 0.5) is 0 Å². The Morgan fingerprint density at radius 3 is 2.50 bits per heavy atom. The van der Waals surface area contributed by atoms with Gasteiger partial charge in [-0.1, -0.05) is 30.3 Å². The second-order valence-corrected chi connectivity index (χ2v) is 8.39. The van der Waals surface area contributed by atoms with E-state index in [1.54, 1.807) is 30.3 Å². The molecule has 1 fully saturated rings. The zero-order chi connectivity index (χ0) is 19.1. The van der Waals surface area contributed by atoms with E-state index in [-0.39, 0.29) is 70.4 Å². The number of nitrogens with zero attached hydrogens (tertiary/aromatic N) is 1. The summed E-state index contributed by atoms with van der Waals surface area (Å²) in [6, 6.07) is 6.61. The first kappa shape index (κ1) is 26.4. The van der Waals surface area contributed by atoms with Gasteiger partial charge in [0.25, 0.3) is 5.91 Å². The van der Waals surface area contributed by atoms with Crippen molar-refractivity contribution in [1.29, 1.82) is 0 Å². The molecule has 2 aliphatic rings. The van der Waals surface area contributed by atoms with Gasteiger partial charge in [0, 0.05) is 5.75 Å². The molecule has 2 heterocycles. The summed E-state index contributed by atoms with van der Waals surface area (Å²) in [5.41, 5.74) is 5.75. The van der Waals surface area contributed by atoms with Crippen molar-refractivity contribution < 1.29 is 88.2 Å². The van der Waals surface area contributed by atoms with Crippen molar-refractivity contribution in [2.24, 2.45) is 5.73 Å². The van der Waals surface area contributed by atoms with Gasteiger partial charge in [0.05, 0.1) is 12.0 Å². The monoisotopic (exact) mass is 443 g/mol. The van der Waals surface area contributed by atoms with E-state index in [2.05, 4.69) is 5.32 Å². The molecule has 1 unspecified atom stereocenters. The van der Waals surface area contributed by atoms with Crippen molar-refractivity contribution in [3.05, 3.63) is 46.9 Å². The SMILES string of the molecule is NC(C(=O)N[C@@H]1C(=O)N2C(P(=O)([O-])[O-])=C(CO)CS[C@@H]12)c1ccccc1.[Na+].[Na+]. The van der Waals surface area contributed by atoms with Gasteiger partial charge < -0.3 is 30.5 Å². The summed E-state index contributed by atoms with van der Waals surface area (Å²) in [5, 5.41) is 11.0. The number of amides is 2. The van der Waals surface area contributed by atoms with Crippen LogP contribution in [0.15, 0.2) is 41.3 Å². The number of aliphatic hydroxyl groups excluding tert-OH is 1. The summed E-state index contributed by atoms with van der Waals surface area (Å²) in [6.07, 6.45) is 0. The molecule has 140 valence electrons. The largest absolute Gasteiger partial charge is 1.00 e. The number of nitrogens with one attached hydrogen (secondary N) is 1. The van der Waals surface area contributed by atoms with Crippen LogP contribution in [-0.4, -0.2) is 45.6 Å². The number of β-lactam (4-membered cyclic amide) rings is 1. The summed E-state index contributed by atoms with van der Waals surface area (Å²) in [4.78, 5) is 48.5. The van der Waals surface area contributed by atoms with Gasteiger partial charge in [-0.3, -0.25) is 14.5 Å². The maximum absolute atomic E-state index is 12.4. The molecule has 1 saturated heterocycles. The molecule has 2 amide bonds. The number of nitrogens with two attached hydrogens (primary N) is 1. The zero-order valence-corrected chi connectivity index (χ0v) is 21.1. The molecule has 0 aromatic heterocycles. The molecular weight excluding hydrogens is 427 g/mol. The Morgan fingerprint density at radius 2 is 1.96 bits per heavy atom. The first-order valence-electron chi connectivity index (χ1n) is 7.66. The standard InChI is InChI=1S/C15H18N3O6PS.2Na/c16-10(8-4-2-1-3-5-8)12(20)17-11-13(21)18-14(25(22,23)24)9(6-19)7-26-15(11)18;;/h1-5,10-11,15,19H,6-7,16H2,(H,17,20)(H2,22,23,24);;/q;2*+1/p-2/t10?,11-,15+;;/m1../s1. The molecule has 0 radical (unpaired) electrons. The smallest absolute Gasteiger partial charge is 0.806 e. The van der Waals surface area contributed by atoms with E-state index in [0.717, 1.165) is 16.7 Å². The van der Waals surface area contributed by atoms with E-state index in [0.29, 0.717) is 5.56 Å². The molecular formula is C15H16N3Na2O6PS. The number of hydrogen-bond acceptors (Lipinski definition) is 8. The van der Waals surface area contributed by atoms with Gasteiger partial charge in [-0.15, -0.1) is 11.8 Å². The van der Waals surface area contributed by atoms with Gasteiger partial charge >= 0.3 is 59.1 Å². The van der Waals surface area contributed by atoms with Crippen LogP contribution < -0.4 is 80.0 Å².